The van der Waals surface area contributed by atoms with Gasteiger partial charge in [-0.05, 0) is 50.6 Å². The third-order valence-electron chi connectivity index (χ3n) is 5.10. The summed E-state index contributed by atoms with van der Waals surface area (Å²) < 4.78 is 45.5. The summed E-state index contributed by atoms with van der Waals surface area (Å²) in [4.78, 5) is 13.3. The molecule has 0 saturated carbocycles. The van der Waals surface area contributed by atoms with E-state index in [0.29, 0.717) is 12.2 Å². The molecule has 162 valence electrons. The lowest BCUT2D eigenvalue weighted by molar-refractivity contribution is -0.123. The SMILES string of the molecule is CC[C@@H](C(=O)N[C@@H]1CC(C)(C)Oc2ccccc21)N(c1ccc(F)cc1)S(C)(=O)=O. The largest absolute Gasteiger partial charge is 0.487 e. The topological polar surface area (TPSA) is 75.7 Å². The Morgan fingerprint density at radius 3 is 2.47 bits per heavy atom. The average molecular weight is 435 g/mol. The Hall–Kier alpha value is -2.61. The number of rotatable bonds is 6. The molecule has 2 atom stereocenters. The van der Waals surface area contributed by atoms with Crippen molar-refractivity contribution in [2.75, 3.05) is 10.6 Å². The van der Waals surface area contributed by atoms with Crippen molar-refractivity contribution in [1.29, 1.82) is 0 Å². The van der Waals surface area contributed by atoms with Crippen LogP contribution in [0.4, 0.5) is 10.1 Å². The zero-order valence-electron chi connectivity index (χ0n) is 17.6. The first-order valence-corrected chi connectivity index (χ1v) is 11.7. The molecule has 1 aliphatic rings. The minimum atomic E-state index is -3.79. The molecular weight excluding hydrogens is 407 g/mol. The maximum absolute atomic E-state index is 13.4. The number of hydrogen-bond donors (Lipinski definition) is 1. The number of para-hydroxylation sites is 1. The normalized spacial score (nSPS) is 18.6. The van der Waals surface area contributed by atoms with E-state index in [1.165, 1.54) is 24.3 Å². The van der Waals surface area contributed by atoms with Gasteiger partial charge in [-0.2, -0.15) is 0 Å². The van der Waals surface area contributed by atoms with Crippen LogP contribution in [0.2, 0.25) is 0 Å². The van der Waals surface area contributed by atoms with Crippen molar-refractivity contribution < 1.29 is 22.3 Å². The van der Waals surface area contributed by atoms with Crippen molar-refractivity contribution in [3.63, 3.8) is 0 Å². The van der Waals surface area contributed by atoms with Crippen molar-refractivity contribution in [1.82, 2.24) is 5.32 Å². The molecule has 0 unspecified atom stereocenters. The smallest absolute Gasteiger partial charge is 0.244 e. The maximum atomic E-state index is 13.4. The van der Waals surface area contributed by atoms with Crippen LogP contribution in [-0.4, -0.2) is 32.2 Å². The minimum Gasteiger partial charge on any atom is -0.487 e. The molecule has 0 bridgehead atoms. The molecule has 8 heteroatoms. The zero-order valence-corrected chi connectivity index (χ0v) is 18.4. The van der Waals surface area contributed by atoms with Crippen LogP contribution in [0.3, 0.4) is 0 Å². The molecule has 0 fully saturated rings. The van der Waals surface area contributed by atoms with Gasteiger partial charge in [0.1, 0.15) is 23.2 Å². The molecule has 0 aromatic heterocycles. The zero-order chi connectivity index (χ0) is 22.1. The molecule has 6 nitrogen and oxygen atoms in total. The summed E-state index contributed by atoms with van der Waals surface area (Å²) in [6.07, 6.45) is 1.84. The van der Waals surface area contributed by atoms with E-state index in [-0.39, 0.29) is 18.2 Å². The van der Waals surface area contributed by atoms with Crippen LogP contribution in [0.25, 0.3) is 0 Å². The van der Waals surface area contributed by atoms with Crippen LogP contribution >= 0.6 is 0 Å². The van der Waals surface area contributed by atoms with Gasteiger partial charge in [0.25, 0.3) is 0 Å². The number of nitrogens with zero attached hydrogens (tertiary/aromatic N) is 1. The van der Waals surface area contributed by atoms with E-state index in [4.69, 9.17) is 4.74 Å². The first-order valence-electron chi connectivity index (χ1n) is 9.85. The van der Waals surface area contributed by atoms with Gasteiger partial charge in [-0.25, -0.2) is 12.8 Å². The quantitative estimate of drug-likeness (QED) is 0.751. The van der Waals surface area contributed by atoms with E-state index < -0.39 is 33.4 Å². The first-order chi connectivity index (χ1) is 14.0. The minimum absolute atomic E-state index is 0.244. The van der Waals surface area contributed by atoms with E-state index in [1.54, 1.807) is 6.92 Å². The first kappa shape index (κ1) is 22.1. The van der Waals surface area contributed by atoms with Gasteiger partial charge >= 0.3 is 0 Å². The van der Waals surface area contributed by atoms with E-state index in [9.17, 15) is 17.6 Å². The third-order valence-corrected chi connectivity index (χ3v) is 6.28. The highest BCUT2D eigenvalue weighted by atomic mass is 32.2. The number of carbonyl (C=O) groups is 1. The van der Waals surface area contributed by atoms with Gasteiger partial charge in [0.15, 0.2) is 0 Å². The molecule has 1 amide bonds. The van der Waals surface area contributed by atoms with Crippen LogP contribution in [0.5, 0.6) is 5.75 Å². The van der Waals surface area contributed by atoms with Crippen molar-refractivity contribution in [2.24, 2.45) is 0 Å². The Balaban J connectivity index is 1.92. The molecule has 0 spiro atoms. The van der Waals surface area contributed by atoms with Crippen LogP contribution in [0, 0.1) is 5.82 Å². The lowest BCUT2D eigenvalue weighted by Crippen LogP contribution is -2.51. The number of anilines is 1. The third kappa shape index (κ3) is 4.75. The summed E-state index contributed by atoms with van der Waals surface area (Å²) in [5.74, 6) is -0.193. The number of benzene rings is 2. The fraction of sp³-hybridized carbons (Fsp3) is 0.409. The molecule has 2 aromatic carbocycles. The molecule has 3 rings (SSSR count). The molecule has 0 aliphatic carbocycles. The number of halogens is 1. The molecule has 2 aromatic rings. The summed E-state index contributed by atoms with van der Waals surface area (Å²) in [7, 11) is -3.79. The van der Waals surface area contributed by atoms with E-state index in [2.05, 4.69) is 5.32 Å². The highest BCUT2D eigenvalue weighted by Gasteiger charge is 2.37. The second-order valence-electron chi connectivity index (χ2n) is 8.12. The Morgan fingerprint density at radius 2 is 1.87 bits per heavy atom. The van der Waals surface area contributed by atoms with E-state index in [1.807, 2.05) is 38.1 Å². The van der Waals surface area contributed by atoms with Gasteiger partial charge < -0.3 is 10.1 Å². The predicted octanol–water partition coefficient (Wildman–Crippen LogP) is 3.79. The second kappa shape index (κ2) is 8.26. The lowest BCUT2D eigenvalue weighted by Gasteiger charge is -2.39. The number of amides is 1. The second-order valence-corrected chi connectivity index (χ2v) is 9.98. The van der Waals surface area contributed by atoms with Crippen molar-refractivity contribution >= 4 is 21.6 Å². The van der Waals surface area contributed by atoms with Gasteiger partial charge in [0.05, 0.1) is 18.0 Å². The van der Waals surface area contributed by atoms with E-state index >= 15 is 0 Å². The monoisotopic (exact) mass is 434 g/mol. The summed E-state index contributed by atoms with van der Waals surface area (Å²) >= 11 is 0. The highest BCUT2D eigenvalue weighted by molar-refractivity contribution is 7.92. The Morgan fingerprint density at radius 1 is 1.23 bits per heavy atom. The molecule has 30 heavy (non-hydrogen) atoms. The molecule has 1 heterocycles. The molecular formula is C22H27FN2O4S. The molecule has 1 N–H and O–H groups in total. The molecule has 0 radical (unpaired) electrons. The Bertz CT molecular complexity index is 1020. The number of fused-ring (bicyclic) bond motifs is 1. The number of ether oxygens (including phenoxy) is 1. The summed E-state index contributed by atoms with van der Waals surface area (Å²) in [5.41, 5.74) is 0.614. The number of hydrogen-bond acceptors (Lipinski definition) is 4. The number of sulfonamides is 1. The number of carbonyl (C=O) groups excluding carboxylic acids is 1. The summed E-state index contributed by atoms with van der Waals surface area (Å²) in [6.45, 7) is 5.63. The summed E-state index contributed by atoms with van der Waals surface area (Å²) in [5, 5.41) is 3.02. The van der Waals surface area contributed by atoms with Gasteiger partial charge in [0, 0.05) is 12.0 Å². The van der Waals surface area contributed by atoms with Crippen LogP contribution in [-0.2, 0) is 14.8 Å². The fourth-order valence-corrected chi connectivity index (χ4v) is 5.06. The average Bonchev–Trinajstić information content (AvgIpc) is 2.65. The molecule has 0 saturated heterocycles. The Kier molecular flexibility index (Phi) is 6.08. The van der Waals surface area contributed by atoms with Crippen LogP contribution in [0.1, 0.15) is 45.2 Å². The Labute approximate surface area is 177 Å². The van der Waals surface area contributed by atoms with Gasteiger partial charge in [-0.3, -0.25) is 9.10 Å². The van der Waals surface area contributed by atoms with Gasteiger partial charge in [0.2, 0.25) is 15.9 Å². The van der Waals surface area contributed by atoms with Crippen molar-refractivity contribution in [3.8, 4) is 5.75 Å². The lowest BCUT2D eigenvalue weighted by atomic mass is 9.89. The highest BCUT2D eigenvalue weighted by Crippen LogP contribution is 2.39. The predicted molar refractivity (Wildman–Crippen MR) is 114 cm³/mol. The summed E-state index contributed by atoms with van der Waals surface area (Å²) in [6, 6.07) is 11.3. The fourth-order valence-electron chi connectivity index (χ4n) is 3.85. The van der Waals surface area contributed by atoms with Gasteiger partial charge in [-0.15, -0.1) is 0 Å². The van der Waals surface area contributed by atoms with Crippen LogP contribution in [0.15, 0.2) is 48.5 Å². The van der Waals surface area contributed by atoms with Crippen molar-refractivity contribution in [2.45, 2.75) is 51.3 Å². The van der Waals surface area contributed by atoms with Crippen LogP contribution < -0.4 is 14.4 Å². The molecule has 1 aliphatic heterocycles. The number of nitrogens with one attached hydrogen (secondary N) is 1. The van der Waals surface area contributed by atoms with E-state index in [0.717, 1.165) is 16.1 Å². The maximum Gasteiger partial charge on any atom is 0.244 e. The standard InChI is InChI=1S/C22H27FN2O4S/c1-5-19(25(30(4,27)28)16-12-10-15(23)11-13-16)21(26)24-18-14-22(2,3)29-20-9-7-6-8-17(18)20/h6-13,18-19H,5,14H2,1-4H3,(H,24,26)/t18-,19+/m1/s1. The van der Waals surface area contributed by atoms with Gasteiger partial charge in [-0.1, -0.05) is 25.1 Å². The van der Waals surface area contributed by atoms with Crippen molar-refractivity contribution in [3.05, 3.63) is 59.9 Å².